The van der Waals surface area contributed by atoms with Crippen LogP contribution in [0.5, 0.6) is 5.75 Å². The second-order valence-corrected chi connectivity index (χ2v) is 12.7. The molecule has 1 amide bonds. The third-order valence-corrected chi connectivity index (χ3v) is 11.5. The van der Waals surface area contributed by atoms with Crippen LogP contribution in [0.4, 0.5) is 0 Å². The Hall–Kier alpha value is -2.33. The van der Waals surface area contributed by atoms with E-state index < -0.39 is 0 Å². The molecule has 2 aromatic rings. The van der Waals surface area contributed by atoms with Crippen molar-refractivity contribution >= 4 is 5.91 Å². The van der Waals surface area contributed by atoms with Gasteiger partial charge in [0.25, 0.3) is 5.91 Å². The Morgan fingerprint density at radius 3 is 2.71 bits per heavy atom. The molecule has 35 heavy (non-hydrogen) atoms. The van der Waals surface area contributed by atoms with Gasteiger partial charge in [-0.15, -0.1) is 0 Å². The van der Waals surface area contributed by atoms with Crippen molar-refractivity contribution in [3.05, 3.63) is 65.2 Å². The largest absolute Gasteiger partial charge is 0.508 e. The Kier molecular flexibility index (Phi) is 4.11. The van der Waals surface area contributed by atoms with Gasteiger partial charge in [0.2, 0.25) is 0 Å². The molecular formula is C31H36N2O2. The van der Waals surface area contributed by atoms with Gasteiger partial charge in [-0.25, -0.2) is 0 Å². The lowest BCUT2D eigenvalue weighted by molar-refractivity contribution is -0.103. The number of rotatable bonds is 3. The normalized spacial score (nSPS) is 40.9. The van der Waals surface area contributed by atoms with E-state index in [4.69, 9.17) is 0 Å². The Bertz CT molecular complexity index is 1210. The number of aromatic hydroxyl groups is 1. The number of phenolic OH excluding ortho intramolecular Hbond substituents is 1. The molecule has 6 unspecified atom stereocenters. The summed E-state index contributed by atoms with van der Waals surface area (Å²) in [5, 5.41) is 10.7. The molecule has 2 aliphatic heterocycles. The molecule has 2 aromatic carbocycles. The molecule has 4 bridgehead atoms. The number of carbonyl (C=O) groups excluding carboxylic acids is 1. The number of phenols is 1. The summed E-state index contributed by atoms with van der Waals surface area (Å²) in [6.07, 6.45) is 8.73. The van der Waals surface area contributed by atoms with Crippen LogP contribution >= 0.6 is 0 Å². The van der Waals surface area contributed by atoms with Crippen LogP contribution in [-0.2, 0) is 11.8 Å². The maximum absolute atomic E-state index is 13.9. The molecule has 0 radical (unpaired) electrons. The van der Waals surface area contributed by atoms with Gasteiger partial charge in [0.15, 0.2) is 0 Å². The minimum absolute atomic E-state index is 0.0948. The minimum Gasteiger partial charge on any atom is -0.508 e. The van der Waals surface area contributed by atoms with Crippen LogP contribution in [0.2, 0.25) is 0 Å². The number of hydrogen-bond acceptors (Lipinski definition) is 3. The molecule has 2 saturated heterocycles. The fourth-order valence-corrected chi connectivity index (χ4v) is 10.3. The first-order valence-electron chi connectivity index (χ1n) is 14.0. The number of carbonyl (C=O) groups is 1. The van der Waals surface area contributed by atoms with Crippen molar-refractivity contribution in [1.82, 2.24) is 9.80 Å². The quantitative estimate of drug-likeness (QED) is 0.690. The summed E-state index contributed by atoms with van der Waals surface area (Å²) in [7, 11) is 0. The summed E-state index contributed by atoms with van der Waals surface area (Å²) in [4.78, 5) is 19.1. The summed E-state index contributed by atoms with van der Waals surface area (Å²) < 4.78 is 0. The highest BCUT2D eigenvalue weighted by atomic mass is 16.3. The first kappa shape index (κ1) is 20.8. The lowest BCUT2D eigenvalue weighted by atomic mass is 9.43. The molecule has 0 aromatic heterocycles. The predicted octanol–water partition coefficient (Wildman–Crippen LogP) is 5.00. The van der Waals surface area contributed by atoms with Gasteiger partial charge in [0, 0.05) is 35.6 Å². The maximum Gasteiger partial charge on any atom is 0.254 e. The van der Waals surface area contributed by atoms with Crippen LogP contribution in [0.15, 0.2) is 48.5 Å². The topological polar surface area (TPSA) is 43.8 Å². The number of fused-ring (bicyclic) bond motifs is 1. The average Bonchev–Trinajstić information content (AvgIpc) is 3.60. The molecule has 7 atom stereocenters. The summed E-state index contributed by atoms with van der Waals surface area (Å²) in [6, 6.07) is 17.4. The summed E-state index contributed by atoms with van der Waals surface area (Å²) in [5.41, 5.74) is 4.12. The van der Waals surface area contributed by atoms with E-state index >= 15 is 0 Å². The van der Waals surface area contributed by atoms with E-state index in [0.29, 0.717) is 35.1 Å². The van der Waals surface area contributed by atoms with Gasteiger partial charge in [-0.2, -0.15) is 0 Å². The SMILES string of the molecule is CC1[C@H]2CC34CCC(C2C32CCN(CC3CC3)C4Cc3ccc(O)cc32)N1C(=O)c1ccccc1. The van der Waals surface area contributed by atoms with Crippen LogP contribution in [-0.4, -0.2) is 52.0 Å². The van der Waals surface area contributed by atoms with Crippen LogP contribution in [0.25, 0.3) is 0 Å². The van der Waals surface area contributed by atoms with Gasteiger partial charge in [-0.3, -0.25) is 9.69 Å². The van der Waals surface area contributed by atoms with E-state index in [1.807, 2.05) is 36.4 Å². The monoisotopic (exact) mass is 468 g/mol. The standard InChI is InChI=1S/C31H36N2O2/c1-19-24-17-30-12-11-26(33(19)29(35)21-5-3-2-4-6-21)28(24)31(30)13-14-32(18-20-7-8-20)27(30)15-22-9-10-23(34)16-25(22)31/h2-6,9-10,16,19-20,24,26-28,34H,7-8,11-15,17-18H2,1H3/t19?,24-,26?,27?,28?,30?,31?/m1/s1. The van der Waals surface area contributed by atoms with Gasteiger partial charge in [0.05, 0.1) is 0 Å². The molecular weight excluding hydrogens is 432 g/mol. The molecule has 2 heterocycles. The molecule has 8 rings (SSSR count). The zero-order valence-electron chi connectivity index (χ0n) is 20.7. The van der Waals surface area contributed by atoms with Crippen LogP contribution in [0, 0.1) is 23.2 Å². The highest BCUT2D eigenvalue weighted by molar-refractivity contribution is 5.95. The number of benzene rings is 2. The fraction of sp³-hybridized carbons (Fsp3) is 0.581. The first-order valence-corrected chi connectivity index (χ1v) is 14.0. The fourth-order valence-electron chi connectivity index (χ4n) is 10.3. The first-order chi connectivity index (χ1) is 17.0. The maximum atomic E-state index is 13.9. The van der Waals surface area contributed by atoms with E-state index in [0.717, 1.165) is 24.3 Å². The third-order valence-electron chi connectivity index (χ3n) is 11.5. The molecule has 0 spiro atoms. The van der Waals surface area contributed by atoms with Crippen LogP contribution in [0.1, 0.15) is 66.9 Å². The lowest BCUT2D eigenvalue weighted by Gasteiger charge is -2.66. The van der Waals surface area contributed by atoms with Crippen molar-refractivity contribution in [1.29, 1.82) is 0 Å². The summed E-state index contributed by atoms with van der Waals surface area (Å²) in [5.74, 6) is 2.60. The van der Waals surface area contributed by atoms with Gasteiger partial charge in [-0.1, -0.05) is 24.3 Å². The van der Waals surface area contributed by atoms with E-state index in [1.165, 1.54) is 56.3 Å². The van der Waals surface area contributed by atoms with Crippen molar-refractivity contribution in [3.63, 3.8) is 0 Å². The third kappa shape index (κ3) is 2.50. The molecule has 1 N–H and O–H groups in total. The second kappa shape index (κ2) is 6.91. The van der Waals surface area contributed by atoms with Gasteiger partial charge < -0.3 is 10.0 Å². The number of amides is 1. The summed E-state index contributed by atoms with van der Waals surface area (Å²) >= 11 is 0. The molecule has 3 saturated carbocycles. The van der Waals surface area contributed by atoms with Gasteiger partial charge >= 0.3 is 0 Å². The zero-order valence-corrected chi connectivity index (χ0v) is 20.7. The molecule has 5 fully saturated rings. The zero-order chi connectivity index (χ0) is 23.5. The van der Waals surface area contributed by atoms with Crippen LogP contribution < -0.4 is 0 Å². The molecule has 182 valence electrons. The average molecular weight is 469 g/mol. The Morgan fingerprint density at radius 2 is 1.91 bits per heavy atom. The minimum atomic E-state index is 0.0948. The van der Waals surface area contributed by atoms with Crippen molar-refractivity contribution < 1.29 is 9.90 Å². The second-order valence-electron chi connectivity index (χ2n) is 12.7. The lowest BCUT2D eigenvalue weighted by Crippen LogP contribution is -2.70. The number of likely N-dealkylation sites (tertiary alicyclic amines) is 2. The molecule has 4 heteroatoms. The number of piperidine rings is 1. The van der Waals surface area contributed by atoms with E-state index in [1.54, 1.807) is 0 Å². The van der Waals surface area contributed by atoms with E-state index in [-0.39, 0.29) is 17.4 Å². The van der Waals surface area contributed by atoms with Gasteiger partial charge in [-0.05, 0) is 117 Å². The van der Waals surface area contributed by atoms with Crippen molar-refractivity contribution in [2.75, 3.05) is 13.1 Å². The summed E-state index contributed by atoms with van der Waals surface area (Å²) in [6.45, 7) is 4.79. The highest BCUT2D eigenvalue weighted by Gasteiger charge is 2.77. The van der Waals surface area contributed by atoms with E-state index in [9.17, 15) is 9.90 Å². The highest BCUT2D eigenvalue weighted by Crippen LogP contribution is 2.76. The molecule has 4 nitrogen and oxygen atoms in total. The number of nitrogens with zero attached hydrogens (tertiary/aromatic N) is 2. The van der Waals surface area contributed by atoms with Crippen LogP contribution in [0.3, 0.4) is 0 Å². The Labute approximate surface area is 208 Å². The predicted molar refractivity (Wildman–Crippen MR) is 135 cm³/mol. The van der Waals surface area contributed by atoms with Crippen molar-refractivity contribution in [2.24, 2.45) is 23.2 Å². The Morgan fingerprint density at radius 1 is 1.09 bits per heavy atom. The number of hydrogen-bond donors (Lipinski definition) is 1. The smallest absolute Gasteiger partial charge is 0.254 e. The van der Waals surface area contributed by atoms with Crippen molar-refractivity contribution in [2.45, 2.75) is 75.4 Å². The van der Waals surface area contributed by atoms with Gasteiger partial charge in [0.1, 0.15) is 5.75 Å². The molecule has 6 aliphatic rings. The Balaban J connectivity index is 1.27. The van der Waals surface area contributed by atoms with Crippen molar-refractivity contribution in [3.8, 4) is 5.75 Å². The molecule has 4 aliphatic carbocycles. The van der Waals surface area contributed by atoms with E-state index in [2.05, 4.69) is 28.9 Å².